The van der Waals surface area contributed by atoms with Crippen LogP contribution in [0.2, 0.25) is 0 Å². The van der Waals surface area contributed by atoms with Gasteiger partial charge in [-0.1, -0.05) is 6.92 Å². The van der Waals surface area contributed by atoms with Crippen LogP contribution in [0.5, 0.6) is 5.75 Å². The minimum Gasteiger partial charge on any atom is -0.508 e. The van der Waals surface area contributed by atoms with Gasteiger partial charge < -0.3 is 5.11 Å². The van der Waals surface area contributed by atoms with Crippen molar-refractivity contribution in [2.24, 2.45) is 5.92 Å². The Labute approximate surface area is 102 Å². The quantitative estimate of drug-likeness (QED) is 0.854. The largest absolute Gasteiger partial charge is 0.508 e. The topological polar surface area (TPSA) is 23.5 Å². The van der Waals surface area contributed by atoms with Gasteiger partial charge in [0, 0.05) is 18.2 Å². The number of hydrogen-bond donors (Lipinski definition) is 1. The van der Waals surface area contributed by atoms with Gasteiger partial charge in [-0.15, -0.1) is 0 Å². The smallest absolute Gasteiger partial charge is 0.123 e. The molecule has 1 aliphatic heterocycles. The van der Waals surface area contributed by atoms with Crippen LogP contribution in [0, 0.1) is 11.7 Å². The first-order valence-corrected chi connectivity index (χ1v) is 6.27. The minimum atomic E-state index is -0.282. The maximum atomic E-state index is 13.1. The molecule has 0 spiro atoms. The molecule has 1 fully saturated rings. The number of rotatable bonds is 2. The fourth-order valence-corrected chi connectivity index (χ4v) is 2.59. The normalized spacial score (nSPS) is 26.1. The fraction of sp³-hybridized carbons (Fsp3) is 0.571. The van der Waals surface area contributed by atoms with Crippen molar-refractivity contribution >= 4 is 0 Å². The van der Waals surface area contributed by atoms with Crippen molar-refractivity contribution in [1.82, 2.24) is 4.90 Å². The van der Waals surface area contributed by atoms with E-state index < -0.39 is 0 Å². The SMILES string of the molecule is CC1CCN(Cc2cc(F)ccc2O)C(C)C1. The molecule has 2 rings (SSSR count). The molecule has 94 valence electrons. The van der Waals surface area contributed by atoms with Gasteiger partial charge in [0.25, 0.3) is 0 Å². The van der Waals surface area contributed by atoms with Gasteiger partial charge in [0.05, 0.1) is 0 Å². The number of phenols is 1. The second-order valence-electron chi connectivity index (χ2n) is 5.22. The van der Waals surface area contributed by atoms with Crippen LogP contribution in [0.15, 0.2) is 18.2 Å². The van der Waals surface area contributed by atoms with E-state index in [-0.39, 0.29) is 11.6 Å². The number of halogens is 1. The number of benzene rings is 1. The standard InChI is InChI=1S/C14H20FNO/c1-10-5-6-16(11(2)7-10)9-12-8-13(15)3-4-14(12)17/h3-4,8,10-11,17H,5-7,9H2,1-2H3. The molecule has 2 nitrogen and oxygen atoms in total. The first-order chi connectivity index (χ1) is 8.06. The van der Waals surface area contributed by atoms with Gasteiger partial charge in [0.1, 0.15) is 11.6 Å². The molecule has 1 N–H and O–H groups in total. The lowest BCUT2D eigenvalue weighted by Gasteiger charge is -2.36. The molecule has 1 heterocycles. The van der Waals surface area contributed by atoms with E-state index in [4.69, 9.17) is 0 Å². The van der Waals surface area contributed by atoms with Crippen molar-refractivity contribution in [3.63, 3.8) is 0 Å². The lowest BCUT2D eigenvalue weighted by molar-refractivity contribution is 0.121. The summed E-state index contributed by atoms with van der Waals surface area (Å²) in [6, 6.07) is 4.66. The van der Waals surface area contributed by atoms with Crippen LogP contribution in [0.4, 0.5) is 4.39 Å². The molecule has 0 aliphatic carbocycles. The average molecular weight is 237 g/mol. The summed E-state index contributed by atoms with van der Waals surface area (Å²) in [4.78, 5) is 2.31. The van der Waals surface area contributed by atoms with Gasteiger partial charge in [-0.2, -0.15) is 0 Å². The van der Waals surface area contributed by atoms with Crippen LogP contribution in [0.25, 0.3) is 0 Å². The van der Waals surface area contributed by atoms with Crippen LogP contribution in [0.3, 0.4) is 0 Å². The summed E-state index contributed by atoms with van der Waals surface area (Å²) in [6.45, 7) is 6.13. The zero-order chi connectivity index (χ0) is 12.4. The molecule has 1 aliphatic rings. The Bertz CT molecular complexity index is 394. The van der Waals surface area contributed by atoms with Gasteiger partial charge in [-0.3, -0.25) is 4.90 Å². The Balaban J connectivity index is 2.07. The van der Waals surface area contributed by atoms with Crippen molar-refractivity contribution in [3.05, 3.63) is 29.6 Å². The molecule has 0 aromatic heterocycles. The van der Waals surface area contributed by atoms with Crippen LogP contribution < -0.4 is 0 Å². The third kappa shape index (κ3) is 2.97. The van der Waals surface area contributed by atoms with E-state index in [1.807, 2.05) is 0 Å². The first kappa shape index (κ1) is 12.4. The number of hydrogen-bond acceptors (Lipinski definition) is 2. The maximum absolute atomic E-state index is 13.1. The monoisotopic (exact) mass is 237 g/mol. The molecule has 3 heteroatoms. The highest BCUT2D eigenvalue weighted by Crippen LogP contribution is 2.26. The highest BCUT2D eigenvalue weighted by atomic mass is 19.1. The van der Waals surface area contributed by atoms with Crippen molar-refractivity contribution < 1.29 is 9.50 Å². The maximum Gasteiger partial charge on any atom is 0.123 e. The first-order valence-electron chi connectivity index (χ1n) is 6.27. The molecular weight excluding hydrogens is 217 g/mol. The molecule has 0 radical (unpaired) electrons. The Morgan fingerprint density at radius 2 is 2.18 bits per heavy atom. The van der Waals surface area contributed by atoms with Gasteiger partial charge in [0.2, 0.25) is 0 Å². The number of aromatic hydroxyl groups is 1. The molecule has 0 saturated carbocycles. The Kier molecular flexibility index (Phi) is 3.67. The predicted molar refractivity (Wildman–Crippen MR) is 66.3 cm³/mol. The Morgan fingerprint density at radius 3 is 2.88 bits per heavy atom. The summed E-state index contributed by atoms with van der Waals surface area (Å²) in [5, 5.41) is 9.71. The molecule has 1 aromatic carbocycles. The zero-order valence-corrected chi connectivity index (χ0v) is 10.5. The van der Waals surface area contributed by atoms with Crippen molar-refractivity contribution in [1.29, 1.82) is 0 Å². The Hall–Kier alpha value is -1.09. The van der Waals surface area contributed by atoms with Crippen LogP contribution >= 0.6 is 0 Å². The van der Waals surface area contributed by atoms with Crippen molar-refractivity contribution in [3.8, 4) is 5.75 Å². The summed E-state index contributed by atoms with van der Waals surface area (Å²) in [5.74, 6) is 0.676. The van der Waals surface area contributed by atoms with Crippen LogP contribution in [-0.4, -0.2) is 22.6 Å². The number of likely N-dealkylation sites (tertiary alicyclic amines) is 1. The molecule has 2 atom stereocenters. The second-order valence-corrected chi connectivity index (χ2v) is 5.22. The number of phenolic OH excluding ortho intramolecular Hbond substituents is 1. The summed E-state index contributed by atoms with van der Waals surface area (Å²) in [5.41, 5.74) is 0.686. The fourth-order valence-electron chi connectivity index (χ4n) is 2.59. The molecular formula is C14H20FNO. The van der Waals surface area contributed by atoms with Crippen molar-refractivity contribution in [2.75, 3.05) is 6.54 Å². The van der Waals surface area contributed by atoms with E-state index in [0.717, 1.165) is 12.5 Å². The number of nitrogens with zero attached hydrogens (tertiary/aromatic N) is 1. The van der Waals surface area contributed by atoms with Gasteiger partial charge in [0.15, 0.2) is 0 Å². The highest BCUT2D eigenvalue weighted by Gasteiger charge is 2.23. The summed E-state index contributed by atoms with van der Waals surface area (Å²) >= 11 is 0. The zero-order valence-electron chi connectivity index (χ0n) is 10.5. The second kappa shape index (κ2) is 5.05. The van der Waals surface area contributed by atoms with Gasteiger partial charge in [-0.25, -0.2) is 4.39 Å². The molecule has 17 heavy (non-hydrogen) atoms. The average Bonchev–Trinajstić information content (AvgIpc) is 2.27. The molecule has 0 bridgehead atoms. The lowest BCUT2D eigenvalue weighted by Crippen LogP contribution is -2.39. The summed E-state index contributed by atoms with van der Waals surface area (Å²) in [7, 11) is 0. The van der Waals surface area contributed by atoms with Gasteiger partial charge in [-0.05, 0) is 50.4 Å². The van der Waals surface area contributed by atoms with E-state index in [2.05, 4.69) is 18.7 Å². The third-order valence-electron chi connectivity index (χ3n) is 3.69. The lowest BCUT2D eigenvalue weighted by atomic mass is 9.93. The highest BCUT2D eigenvalue weighted by molar-refractivity contribution is 5.32. The minimum absolute atomic E-state index is 0.192. The van der Waals surface area contributed by atoms with Gasteiger partial charge >= 0.3 is 0 Å². The summed E-state index contributed by atoms with van der Waals surface area (Å²) in [6.07, 6.45) is 2.36. The van der Waals surface area contributed by atoms with E-state index in [1.165, 1.54) is 31.0 Å². The molecule has 0 amide bonds. The molecule has 1 aromatic rings. The summed E-state index contributed by atoms with van der Waals surface area (Å²) < 4.78 is 13.1. The predicted octanol–water partition coefficient (Wildman–Crippen LogP) is 3.15. The van der Waals surface area contributed by atoms with Crippen LogP contribution in [0.1, 0.15) is 32.3 Å². The Morgan fingerprint density at radius 1 is 1.41 bits per heavy atom. The van der Waals surface area contributed by atoms with E-state index in [1.54, 1.807) is 0 Å². The molecule has 1 saturated heterocycles. The number of piperidine rings is 1. The van der Waals surface area contributed by atoms with E-state index in [0.29, 0.717) is 18.2 Å². The third-order valence-corrected chi connectivity index (χ3v) is 3.69. The van der Waals surface area contributed by atoms with E-state index >= 15 is 0 Å². The van der Waals surface area contributed by atoms with Crippen LogP contribution in [-0.2, 0) is 6.54 Å². The molecule has 2 unspecified atom stereocenters. The van der Waals surface area contributed by atoms with Crippen molar-refractivity contribution in [2.45, 2.75) is 39.3 Å². The van der Waals surface area contributed by atoms with E-state index in [9.17, 15) is 9.50 Å².